The molecular formula is C23H33N7O4. The van der Waals surface area contributed by atoms with Gasteiger partial charge in [0.15, 0.2) is 0 Å². The molecule has 1 saturated carbocycles. The van der Waals surface area contributed by atoms with Crippen molar-refractivity contribution in [3.63, 3.8) is 0 Å². The first-order valence-corrected chi connectivity index (χ1v) is 11.7. The van der Waals surface area contributed by atoms with Crippen LogP contribution in [0.4, 0.5) is 11.9 Å². The standard InChI is InChI=1S/C23H33N7O4/c1-14(2)8-19(31)21(32)29(3)16-9-17(10-16)34-20-11-18(15-12-25-22(24)26-13-15)27-23(28-20)30-4-6-33-7-5-30/h11-14,16-17,19,31H,4-10H2,1-3H3,(H2,24,25,26)/t16?,17?,19-/m0/s1. The molecule has 4 rings (SSSR count). The van der Waals surface area contributed by atoms with Crippen LogP contribution in [0.15, 0.2) is 18.5 Å². The van der Waals surface area contributed by atoms with Crippen LogP contribution in [0.1, 0.15) is 33.1 Å². The maximum absolute atomic E-state index is 12.5. The van der Waals surface area contributed by atoms with Crippen LogP contribution in [-0.2, 0) is 9.53 Å². The molecule has 2 aliphatic rings. The van der Waals surface area contributed by atoms with Gasteiger partial charge in [-0.05, 0) is 12.3 Å². The van der Waals surface area contributed by atoms with Gasteiger partial charge in [-0.1, -0.05) is 13.8 Å². The van der Waals surface area contributed by atoms with Crippen LogP contribution in [0.25, 0.3) is 11.3 Å². The van der Waals surface area contributed by atoms with E-state index in [0.717, 1.165) is 0 Å². The Morgan fingerprint density at radius 2 is 1.94 bits per heavy atom. The summed E-state index contributed by atoms with van der Waals surface area (Å²) in [6.45, 7) is 6.59. The smallest absolute Gasteiger partial charge is 0.251 e. The zero-order valence-corrected chi connectivity index (χ0v) is 19.9. The third-order valence-corrected chi connectivity index (χ3v) is 6.18. The van der Waals surface area contributed by atoms with Gasteiger partial charge in [0.05, 0.1) is 18.9 Å². The average Bonchev–Trinajstić information content (AvgIpc) is 2.80. The first-order valence-electron chi connectivity index (χ1n) is 11.7. The molecule has 11 nitrogen and oxygen atoms in total. The Hall–Kier alpha value is -3.05. The third kappa shape index (κ3) is 5.71. The molecule has 184 valence electrons. The van der Waals surface area contributed by atoms with Gasteiger partial charge >= 0.3 is 0 Å². The van der Waals surface area contributed by atoms with E-state index in [4.69, 9.17) is 20.2 Å². The van der Waals surface area contributed by atoms with Crippen molar-refractivity contribution in [1.29, 1.82) is 0 Å². The first kappa shape index (κ1) is 24.1. The summed E-state index contributed by atoms with van der Waals surface area (Å²) in [5.74, 6) is 1.23. The number of hydrogen-bond donors (Lipinski definition) is 2. The highest BCUT2D eigenvalue weighted by atomic mass is 16.5. The molecule has 3 heterocycles. The summed E-state index contributed by atoms with van der Waals surface area (Å²) in [6.07, 6.45) is 4.01. The first-order chi connectivity index (χ1) is 16.3. The summed E-state index contributed by atoms with van der Waals surface area (Å²) in [5.41, 5.74) is 6.99. The molecule has 0 unspecified atom stereocenters. The molecule has 1 amide bonds. The number of carbonyl (C=O) groups is 1. The van der Waals surface area contributed by atoms with Crippen molar-refractivity contribution in [3.05, 3.63) is 18.5 Å². The van der Waals surface area contributed by atoms with E-state index in [1.54, 1.807) is 30.4 Å². The summed E-state index contributed by atoms with van der Waals surface area (Å²) in [5, 5.41) is 10.2. The van der Waals surface area contributed by atoms with Gasteiger partial charge in [-0.25, -0.2) is 15.0 Å². The Labute approximate surface area is 199 Å². The maximum atomic E-state index is 12.5. The van der Waals surface area contributed by atoms with E-state index in [1.165, 1.54) is 0 Å². The second-order valence-electron chi connectivity index (χ2n) is 9.28. The number of nitrogens with two attached hydrogens (primary N) is 1. The Bertz CT molecular complexity index is 976. The van der Waals surface area contributed by atoms with Crippen LogP contribution >= 0.6 is 0 Å². The summed E-state index contributed by atoms with van der Waals surface area (Å²) in [7, 11) is 1.74. The van der Waals surface area contributed by atoms with Gasteiger partial charge in [0, 0.05) is 63.0 Å². The normalized spacial score (nSPS) is 21.1. The molecule has 2 fully saturated rings. The van der Waals surface area contributed by atoms with Crippen molar-refractivity contribution in [2.75, 3.05) is 44.0 Å². The lowest BCUT2D eigenvalue weighted by Crippen LogP contribution is -2.52. The van der Waals surface area contributed by atoms with Gasteiger partial charge in [-0.3, -0.25) is 4.79 Å². The van der Waals surface area contributed by atoms with Crippen molar-refractivity contribution < 1.29 is 19.4 Å². The summed E-state index contributed by atoms with van der Waals surface area (Å²) in [6, 6.07) is 1.80. The van der Waals surface area contributed by atoms with E-state index in [2.05, 4.69) is 19.9 Å². The van der Waals surface area contributed by atoms with Crippen LogP contribution in [0.3, 0.4) is 0 Å². The van der Waals surface area contributed by atoms with E-state index >= 15 is 0 Å². The number of anilines is 2. The quantitative estimate of drug-likeness (QED) is 0.576. The fraction of sp³-hybridized carbons (Fsp3) is 0.609. The van der Waals surface area contributed by atoms with E-state index in [-0.39, 0.29) is 29.9 Å². The molecule has 2 aromatic rings. The van der Waals surface area contributed by atoms with Crippen molar-refractivity contribution in [2.45, 2.75) is 51.4 Å². The van der Waals surface area contributed by atoms with Crippen molar-refractivity contribution in [3.8, 4) is 17.1 Å². The van der Waals surface area contributed by atoms with Crippen LogP contribution < -0.4 is 15.4 Å². The minimum absolute atomic E-state index is 0.0323. The summed E-state index contributed by atoms with van der Waals surface area (Å²) in [4.78, 5) is 33.7. The number of morpholine rings is 1. The largest absolute Gasteiger partial charge is 0.474 e. The monoisotopic (exact) mass is 471 g/mol. The fourth-order valence-electron chi connectivity index (χ4n) is 4.08. The molecule has 0 radical (unpaired) electrons. The lowest BCUT2D eigenvalue weighted by atomic mass is 9.87. The number of ether oxygens (including phenoxy) is 2. The number of amides is 1. The minimum Gasteiger partial charge on any atom is -0.474 e. The number of hydrogen-bond acceptors (Lipinski definition) is 10. The number of nitrogen functional groups attached to an aromatic ring is 1. The van der Waals surface area contributed by atoms with Crippen LogP contribution in [0.5, 0.6) is 5.88 Å². The van der Waals surface area contributed by atoms with E-state index in [1.807, 2.05) is 13.8 Å². The zero-order chi connectivity index (χ0) is 24.2. The lowest BCUT2D eigenvalue weighted by Gasteiger charge is -2.41. The molecule has 11 heteroatoms. The number of rotatable bonds is 8. The van der Waals surface area contributed by atoms with Crippen LogP contribution in [0.2, 0.25) is 0 Å². The molecule has 3 N–H and O–H groups in total. The second kappa shape index (κ2) is 10.5. The van der Waals surface area contributed by atoms with Gasteiger partial charge < -0.3 is 30.1 Å². The van der Waals surface area contributed by atoms with Crippen molar-refractivity contribution in [1.82, 2.24) is 24.8 Å². The molecule has 1 saturated heterocycles. The van der Waals surface area contributed by atoms with Gasteiger partial charge in [0.25, 0.3) is 5.91 Å². The number of likely N-dealkylation sites (N-methyl/N-ethyl adjacent to an activating group) is 1. The number of aliphatic hydroxyl groups excluding tert-OH is 1. The molecule has 1 atom stereocenters. The highest BCUT2D eigenvalue weighted by Crippen LogP contribution is 2.31. The van der Waals surface area contributed by atoms with E-state index < -0.39 is 6.10 Å². The molecular weight excluding hydrogens is 438 g/mol. The van der Waals surface area contributed by atoms with E-state index in [9.17, 15) is 9.90 Å². The SMILES string of the molecule is CC(C)C[C@H](O)C(=O)N(C)C1CC(Oc2cc(-c3cnc(N)nc3)nc(N3CCOCC3)n2)C1. The predicted molar refractivity (Wildman–Crippen MR) is 126 cm³/mol. The maximum Gasteiger partial charge on any atom is 0.251 e. The highest BCUT2D eigenvalue weighted by molar-refractivity contribution is 5.80. The molecule has 1 aliphatic heterocycles. The molecule has 0 bridgehead atoms. The number of aliphatic hydroxyl groups is 1. The second-order valence-corrected chi connectivity index (χ2v) is 9.28. The topological polar surface area (TPSA) is 140 Å². The Balaban J connectivity index is 1.45. The summed E-state index contributed by atoms with van der Waals surface area (Å²) >= 11 is 0. The fourth-order valence-corrected chi connectivity index (χ4v) is 4.08. The molecule has 2 aromatic heterocycles. The third-order valence-electron chi connectivity index (χ3n) is 6.18. The molecule has 1 aliphatic carbocycles. The number of nitrogens with zero attached hydrogens (tertiary/aromatic N) is 6. The van der Waals surface area contributed by atoms with Crippen LogP contribution in [0, 0.1) is 5.92 Å². The summed E-state index contributed by atoms with van der Waals surface area (Å²) < 4.78 is 11.6. The lowest BCUT2D eigenvalue weighted by molar-refractivity contribution is -0.145. The predicted octanol–water partition coefficient (Wildman–Crippen LogP) is 1.13. The molecule has 0 spiro atoms. The van der Waals surface area contributed by atoms with Gasteiger partial charge in [0.2, 0.25) is 17.8 Å². The Kier molecular flexibility index (Phi) is 7.42. The average molecular weight is 472 g/mol. The number of carbonyl (C=O) groups excluding carboxylic acids is 1. The minimum atomic E-state index is -0.965. The molecule has 0 aromatic carbocycles. The van der Waals surface area contributed by atoms with Crippen molar-refractivity contribution >= 4 is 17.8 Å². The van der Waals surface area contributed by atoms with Gasteiger partial charge in [-0.15, -0.1) is 0 Å². The van der Waals surface area contributed by atoms with Crippen molar-refractivity contribution in [2.24, 2.45) is 5.92 Å². The Morgan fingerprint density at radius 3 is 2.59 bits per heavy atom. The molecule has 34 heavy (non-hydrogen) atoms. The van der Waals surface area contributed by atoms with Crippen LogP contribution in [-0.4, -0.2) is 87.5 Å². The zero-order valence-electron chi connectivity index (χ0n) is 19.9. The van der Waals surface area contributed by atoms with Gasteiger partial charge in [-0.2, -0.15) is 4.98 Å². The highest BCUT2D eigenvalue weighted by Gasteiger charge is 2.37. The van der Waals surface area contributed by atoms with Gasteiger partial charge in [0.1, 0.15) is 12.2 Å². The van der Waals surface area contributed by atoms with E-state index in [0.29, 0.717) is 68.7 Å². The Morgan fingerprint density at radius 1 is 1.26 bits per heavy atom. The number of aromatic nitrogens is 4.